The van der Waals surface area contributed by atoms with Crippen LogP contribution < -0.4 is 5.32 Å². The smallest absolute Gasteiger partial charge is 0.275 e. The SMILES string of the molecule is Cc1cnn(C)c1C(=O)Nc1nc2c(C)cc(Cl)cc2s1. The van der Waals surface area contributed by atoms with E-state index in [9.17, 15) is 4.79 Å². The normalized spacial score (nSPS) is 11.0. The maximum absolute atomic E-state index is 12.3. The Bertz CT molecular complexity index is 833. The molecule has 0 spiro atoms. The van der Waals surface area contributed by atoms with E-state index >= 15 is 0 Å². The molecule has 0 aliphatic rings. The molecule has 0 aliphatic carbocycles. The van der Waals surface area contributed by atoms with Gasteiger partial charge >= 0.3 is 0 Å². The molecule has 1 aromatic carbocycles. The highest BCUT2D eigenvalue weighted by Gasteiger charge is 2.16. The Morgan fingerprint density at radius 1 is 1.33 bits per heavy atom. The van der Waals surface area contributed by atoms with Crippen LogP contribution in [0.25, 0.3) is 10.2 Å². The lowest BCUT2D eigenvalue weighted by Crippen LogP contribution is -2.17. The van der Waals surface area contributed by atoms with E-state index in [0.29, 0.717) is 15.8 Å². The molecule has 0 saturated heterocycles. The van der Waals surface area contributed by atoms with Crippen LogP contribution in [0, 0.1) is 13.8 Å². The highest BCUT2D eigenvalue weighted by Crippen LogP contribution is 2.31. The number of nitrogens with one attached hydrogen (secondary N) is 1. The second kappa shape index (κ2) is 5.13. The molecule has 5 nitrogen and oxygen atoms in total. The van der Waals surface area contributed by atoms with Gasteiger partial charge in [0, 0.05) is 12.1 Å². The summed E-state index contributed by atoms with van der Waals surface area (Å²) in [5.74, 6) is -0.213. The number of benzene rings is 1. The fraction of sp³-hybridized carbons (Fsp3) is 0.214. The van der Waals surface area contributed by atoms with Gasteiger partial charge in [-0.3, -0.25) is 14.8 Å². The van der Waals surface area contributed by atoms with Gasteiger partial charge in [0.15, 0.2) is 5.13 Å². The molecule has 1 amide bonds. The third-order valence-electron chi connectivity index (χ3n) is 3.21. The molecule has 0 fully saturated rings. The van der Waals surface area contributed by atoms with Crippen molar-refractivity contribution in [2.24, 2.45) is 7.05 Å². The molecule has 1 N–H and O–H groups in total. The summed E-state index contributed by atoms with van der Waals surface area (Å²) in [6.45, 7) is 3.80. The third kappa shape index (κ3) is 2.52. The van der Waals surface area contributed by atoms with E-state index in [0.717, 1.165) is 21.3 Å². The van der Waals surface area contributed by atoms with Gasteiger partial charge in [0.1, 0.15) is 5.69 Å². The fourth-order valence-corrected chi connectivity index (χ4v) is 3.55. The second-order valence-corrected chi connectivity index (χ2v) is 6.31. The number of fused-ring (bicyclic) bond motifs is 1. The molecular formula is C14H13ClN4OS. The topological polar surface area (TPSA) is 59.8 Å². The predicted octanol–water partition coefficient (Wildman–Crippen LogP) is 3.55. The van der Waals surface area contributed by atoms with Crippen LogP contribution in [0.15, 0.2) is 18.3 Å². The largest absolute Gasteiger partial charge is 0.296 e. The van der Waals surface area contributed by atoms with Crippen molar-refractivity contribution >= 4 is 44.2 Å². The summed E-state index contributed by atoms with van der Waals surface area (Å²) in [4.78, 5) is 16.8. The number of halogens is 1. The van der Waals surface area contributed by atoms with Gasteiger partial charge < -0.3 is 0 Å². The number of aromatic nitrogens is 3. The third-order valence-corrected chi connectivity index (χ3v) is 4.34. The van der Waals surface area contributed by atoms with Gasteiger partial charge in [-0.25, -0.2) is 4.98 Å². The summed E-state index contributed by atoms with van der Waals surface area (Å²) >= 11 is 7.45. The quantitative estimate of drug-likeness (QED) is 0.785. The van der Waals surface area contributed by atoms with E-state index in [1.54, 1.807) is 17.9 Å². The number of hydrogen-bond acceptors (Lipinski definition) is 4. The maximum Gasteiger partial charge on any atom is 0.275 e. The van der Waals surface area contributed by atoms with Crippen molar-refractivity contribution in [3.8, 4) is 0 Å². The molecule has 0 bridgehead atoms. The molecule has 7 heteroatoms. The molecule has 21 heavy (non-hydrogen) atoms. The molecule has 0 unspecified atom stereocenters. The highest BCUT2D eigenvalue weighted by atomic mass is 35.5. The zero-order chi connectivity index (χ0) is 15.1. The van der Waals surface area contributed by atoms with Crippen molar-refractivity contribution in [2.75, 3.05) is 5.32 Å². The molecule has 2 aromatic heterocycles. The summed E-state index contributed by atoms with van der Waals surface area (Å²) in [6.07, 6.45) is 1.66. The Hall–Kier alpha value is -1.92. The molecule has 108 valence electrons. The number of rotatable bonds is 2. The molecule has 3 aromatic rings. The number of hydrogen-bond donors (Lipinski definition) is 1. The minimum Gasteiger partial charge on any atom is -0.296 e. The lowest BCUT2D eigenvalue weighted by molar-refractivity contribution is 0.101. The maximum atomic E-state index is 12.3. The van der Waals surface area contributed by atoms with Crippen molar-refractivity contribution in [3.05, 3.63) is 40.2 Å². The van der Waals surface area contributed by atoms with Crippen molar-refractivity contribution in [1.29, 1.82) is 0 Å². The molecule has 3 rings (SSSR count). The monoisotopic (exact) mass is 320 g/mol. The first-order valence-electron chi connectivity index (χ1n) is 6.32. The summed E-state index contributed by atoms with van der Waals surface area (Å²) in [5.41, 5.74) is 3.21. The molecule has 0 aliphatic heterocycles. The van der Waals surface area contributed by atoms with Crippen LogP contribution in [0.3, 0.4) is 0 Å². The second-order valence-electron chi connectivity index (χ2n) is 4.84. The van der Waals surface area contributed by atoms with Crippen LogP contribution in [0.5, 0.6) is 0 Å². The van der Waals surface area contributed by atoms with Gasteiger partial charge in [-0.05, 0) is 37.1 Å². The summed E-state index contributed by atoms with van der Waals surface area (Å²) < 4.78 is 2.51. The van der Waals surface area contributed by atoms with Crippen LogP contribution in [0.2, 0.25) is 5.02 Å². The average Bonchev–Trinajstić information content (AvgIpc) is 2.93. The van der Waals surface area contributed by atoms with Crippen molar-refractivity contribution in [3.63, 3.8) is 0 Å². The number of thiazole rings is 1. The predicted molar refractivity (Wildman–Crippen MR) is 85.3 cm³/mol. The highest BCUT2D eigenvalue weighted by molar-refractivity contribution is 7.22. The van der Waals surface area contributed by atoms with Crippen molar-refractivity contribution in [2.45, 2.75) is 13.8 Å². The first kappa shape index (κ1) is 14.0. The first-order chi connectivity index (χ1) is 9.95. The number of nitrogens with zero attached hydrogens (tertiary/aromatic N) is 3. The lowest BCUT2D eigenvalue weighted by atomic mass is 10.2. The van der Waals surface area contributed by atoms with E-state index in [-0.39, 0.29) is 5.91 Å². The van der Waals surface area contributed by atoms with Crippen LogP contribution in [-0.2, 0) is 7.05 Å². The Kier molecular flexibility index (Phi) is 3.43. The van der Waals surface area contributed by atoms with Gasteiger partial charge in [0.25, 0.3) is 5.91 Å². The van der Waals surface area contributed by atoms with Crippen LogP contribution in [0.1, 0.15) is 21.6 Å². The minimum absolute atomic E-state index is 0.213. The van der Waals surface area contributed by atoms with Crippen molar-refractivity contribution in [1.82, 2.24) is 14.8 Å². The zero-order valence-corrected chi connectivity index (χ0v) is 13.3. The van der Waals surface area contributed by atoms with Crippen LogP contribution in [0.4, 0.5) is 5.13 Å². The van der Waals surface area contributed by atoms with Crippen LogP contribution >= 0.6 is 22.9 Å². The Morgan fingerprint density at radius 2 is 2.10 bits per heavy atom. The molecular weight excluding hydrogens is 308 g/mol. The Morgan fingerprint density at radius 3 is 2.76 bits per heavy atom. The number of carbonyl (C=O) groups is 1. The standard InChI is InChI=1S/C14H13ClN4OS/c1-7-4-9(15)5-10-11(7)17-14(21-10)18-13(20)12-8(2)6-16-19(12)3/h4-6H,1-3H3,(H,17,18,20). The summed E-state index contributed by atoms with van der Waals surface area (Å²) in [6, 6.07) is 3.72. The van der Waals surface area contributed by atoms with Crippen LogP contribution in [-0.4, -0.2) is 20.7 Å². The summed E-state index contributed by atoms with van der Waals surface area (Å²) in [7, 11) is 1.74. The zero-order valence-electron chi connectivity index (χ0n) is 11.8. The Balaban J connectivity index is 1.95. The van der Waals surface area contributed by atoms with E-state index in [1.807, 2.05) is 26.0 Å². The fourth-order valence-electron chi connectivity index (χ4n) is 2.24. The number of aryl methyl sites for hydroxylation is 3. The number of amides is 1. The molecule has 0 saturated carbocycles. The van der Waals surface area contributed by atoms with Gasteiger partial charge in [-0.15, -0.1) is 0 Å². The molecule has 0 radical (unpaired) electrons. The molecule has 2 heterocycles. The van der Waals surface area contributed by atoms with E-state index in [4.69, 9.17) is 11.6 Å². The van der Waals surface area contributed by atoms with E-state index in [1.165, 1.54) is 11.3 Å². The summed E-state index contributed by atoms with van der Waals surface area (Å²) in [5, 5.41) is 8.12. The number of anilines is 1. The molecule has 0 atom stereocenters. The van der Waals surface area contributed by atoms with Gasteiger partial charge in [-0.1, -0.05) is 22.9 Å². The van der Waals surface area contributed by atoms with E-state index in [2.05, 4.69) is 15.4 Å². The first-order valence-corrected chi connectivity index (χ1v) is 7.52. The Labute approximate surface area is 130 Å². The number of carbonyl (C=O) groups excluding carboxylic acids is 1. The van der Waals surface area contributed by atoms with Crippen molar-refractivity contribution < 1.29 is 4.79 Å². The van der Waals surface area contributed by atoms with Gasteiger partial charge in [-0.2, -0.15) is 5.10 Å². The lowest BCUT2D eigenvalue weighted by Gasteiger charge is -2.03. The van der Waals surface area contributed by atoms with Gasteiger partial charge in [0.2, 0.25) is 0 Å². The van der Waals surface area contributed by atoms with E-state index < -0.39 is 0 Å². The van der Waals surface area contributed by atoms with Gasteiger partial charge in [0.05, 0.1) is 16.4 Å². The average molecular weight is 321 g/mol. The minimum atomic E-state index is -0.213.